The van der Waals surface area contributed by atoms with Crippen LogP contribution in [0.1, 0.15) is 40.0 Å². The van der Waals surface area contributed by atoms with Gasteiger partial charge in [0.05, 0.1) is 0 Å². The molecule has 1 heterocycles. The smallest absolute Gasteiger partial charge is 0.00125 e. The molecule has 4 unspecified atom stereocenters. The van der Waals surface area contributed by atoms with Gasteiger partial charge in [0.15, 0.2) is 0 Å². The zero-order valence-electron chi connectivity index (χ0n) is 10.9. The van der Waals surface area contributed by atoms with Crippen LogP contribution < -0.4 is 0 Å². The highest BCUT2D eigenvalue weighted by Crippen LogP contribution is 2.44. The lowest BCUT2D eigenvalue weighted by Gasteiger charge is -2.24. The maximum absolute atomic E-state index is 2.54. The maximum Gasteiger partial charge on any atom is 0.00125 e. The molecule has 1 nitrogen and oxygen atoms in total. The van der Waals surface area contributed by atoms with Crippen molar-refractivity contribution in [3.63, 3.8) is 0 Å². The number of hydrogen-bond donors (Lipinski definition) is 0. The third kappa shape index (κ3) is 2.38. The molecular formula is C14H27N. The van der Waals surface area contributed by atoms with E-state index >= 15 is 0 Å². The standard InChI is InChI=1S/C14H27N/c1-10(2)11(3)7-12-5-6-13-8-15(4)9-14(12)13/h10-14H,5-9H2,1-4H3. The van der Waals surface area contributed by atoms with Crippen LogP contribution in [0.5, 0.6) is 0 Å². The number of likely N-dealkylation sites (tertiary alicyclic amines) is 1. The average Bonchev–Trinajstić information content (AvgIpc) is 2.66. The van der Waals surface area contributed by atoms with Crippen LogP contribution in [0.15, 0.2) is 0 Å². The van der Waals surface area contributed by atoms with E-state index in [1.807, 2.05) is 0 Å². The number of hydrogen-bond acceptors (Lipinski definition) is 1. The maximum atomic E-state index is 2.54. The van der Waals surface area contributed by atoms with E-state index in [0.29, 0.717) is 0 Å². The zero-order chi connectivity index (χ0) is 11.0. The van der Waals surface area contributed by atoms with E-state index in [0.717, 1.165) is 29.6 Å². The Hall–Kier alpha value is -0.0400. The van der Waals surface area contributed by atoms with E-state index in [9.17, 15) is 0 Å². The number of fused-ring (bicyclic) bond motifs is 1. The lowest BCUT2D eigenvalue weighted by molar-refractivity contribution is 0.256. The van der Waals surface area contributed by atoms with Gasteiger partial charge in [-0.1, -0.05) is 20.8 Å². The van der Waals surface area contributed by atoms with Crippen LogP contribution in [-0.2, 0) is 0 Å². The first-order chi connectivity index (χ1) is 7.08. The summed E-state index contributed by atoms with van der Waals surface area (Å²) in [6.45, 7) is 9.93. The second-order valence-electron chi connectivity index (χ2n) is 6.44. The largest absolute Gasteiger partial charge is 0.306 e. The molecule has 0 aromatic heterocycles. The van der Waals surface area contributed by atoms with Crippen molar-refractivity contribution in [3.05, 3.63) is 0 Å². The Morgan fingerprint density at radius 2 is 1.87 bits per heavy atom. The quantitative estimate of drug-likeness (QED) is 0.689. The summed E-state index contributed by atoms with van der Waals surface area (Å²) in [5.74, 6) is 4.90. The first-order valence-electron chi connectivity index (χ1n) is 6.76. The van der Waals surface area contributed by atoms with Crippen molar-refractivity contribution < 1.29 is 0 Å². The molecule has 0 aromatic rings. The fourth-order valence-corrected chi connectivity index (χ4v) is 3.64. The lowest BCUT2D eigenvalue weighted by atomic mass is 9.82. The molecule has 15 heavy (non-hydrogen) atoms. The van der Waals surface area contributed by atoms with Gasteiger partial charge in [0, 0.05) is 13.1 Å². The highest BCUT2D eigenvalue weighted by atomic mass is 15.1. The normalized spacial score (nSPS) is 38.6. The van der Waals surface area contributed by atoms with E-state index in [1.54, 1.807) is 0 Å². The lowest BCUT2D eigenvalue weighted by Crippen LogP contribution is -2.21. The van der Waals surface area contributed by atoms with Gasteiger partial charge >= 0.3 is 0 Å². The van der Waals surface area contributed by atoms with Crippen molar-refractivity contribution in [2.75, 3.05) is 20.1 Å². The number of rotatable bonds is 3. The molecule has 0 spiro atoms. The third-order valence-electron chi connectivity index (χ3n) is 5.00. The highest BCUT2D eigenvalue weighted by molar-refractivity contribution is 4.93. The van der Waals surface area contributed by atoms with Gasteiger partial charge < -0.3 is 4.90 Å². The van der Waals surface area contributed by atoms with Gasteiger partial charge in [-0.3, -0.25) is 0 Å². The van der Waals surface area contributed by atoms with E-state index < -0.39 is 0 Å². The van der Waals surface area contributed by atoms with Crippen molar-refractivity contribution in [1.29, 1.82) is 0 Å². The van der Waals surface area contributed by atoms with Gasteiger partial charge in [0.1, 0.15) is 0 Å². The monoisotopic (exact) mass is 209 g/mol. The Morgan fingerprint density at radius 1 is 1.13 bits per heavy atom. The minimum absolute atomic E-state index is 0.864. The summed E-state index contributed by atoms with van der Waals surface area (Å²) in [7, 11) is 2.29. The molecule has 2 rings (SSSR count). The third-order valence-corrected chi connectivity index (χ3v) is 5.00. The van der Waals surface area contributed by atoms with E-state index in [1.165, 1.54) is 32.4 Å². The van der Waals surface area contributed by atoms with Gasteiger partial charge in [0.25, 0.3) is 0 Å². The summed E-state index contributed by atoms with van der Waals surface area (Å²) < 4.78 is 0. The van der Waals surface area contributed by atoms with Gasteiger partial charge in [-0.25, -0.2) is 0 Å². The second-order valence-corrected chi connectivity index (χ2v) is 6.44. The Bertz CT molecular complexity index is 211. The van der Waals surface area contributed by atoms with Crippen LogP contribution in [0, 0.1) is 29.6 Å². The van der Waals surface area contributed by atoms with E-state index in [4.69, 9.17) is 0 Å². The topological polar surface area (TPSA) is 3.24 Å². The summed E-state index contributed by atoms with van der Waals surface area (Å²) in [5.41, 5.74) is 0. The summed E-state index contributed by atoms with van der Waals surface area (Å²) in [4.78, 5) is 2.54. The fraction of sp³-hybridized carbons (Fsp3) is 1.00. The molecule has 0 N–H and O–H groups in total. The van der Waals surface area contributed by atoms with Crippen LogP contribution >= 0.6 is 0 Å². The van der Waals surface area contributed by atoms with Crippen LogP contribution in [0.25, 0.3) is 0 Å². The Kier molecular flexibility index (Phi) is 3.39. The second kappa shape index (κ2) is 4.45. The zero-order valence-corrected chi connectivity index (χ0v) is 10.9. The molecule has 0 bridgehead atoms. The molecule has 0 radical (unpaired) electrons. The van der Waals surface area contributed by atoms with E-state index in [-0.39, 0.29) is 0 Å². The Morgan fingerprint density at radius 3 is 2.53 bits per heavy atom. The minimum atomic E-state index is 0.864. The molecular weight excluding hydrogens is 182 g/mol. The highest BCUT2D eigenvalue weighted by Gasteiger charge is 2.41. The first kappa shape index (κ1) is 11.4. The molecule has 2 fully saturated rings. The van der Waals surface area contributed by atoms with Gasteiger partial charge in [0.2, 0.25) is 0 Å². The van der Waals surface area contributed by atoms with Crippen molar-refractivity contribution >= 4 is 0 Å². The van der Waals surface area contributed by atoms with Crippen LogP contribution in [-0.4, -0.2) is 25.0 Å². The number of nitrogens with zero attached hydrogens (tertiary/aromatic N) is 1. The molecule has 88 valence electrons. The first-order valence-corrected chi connectivity index (χ1v) is 6.76. The Balaban J connectivity index is 1.89. The average molecular weight is 209 g/mol. The predicted octanol–water partition coefficient (Wildman–Crippen LogP) is 3.26. The molecule has 1 aliphatic carbocycles. The summed E-state index contributed by atoms with van der Waals surface area (Å²) in [5, 5.41) is 0. The van der Waals surface area contributed by atoms with E-state index in [2.05, 4.69) is 32.7 Å². The minimum Gasteiger partial charge on any atom is -0.306 e. The molecule has 1 heteroatoms. The SMILES string of the molecule is CC(C)C(C)CC1CCC2CN(C)CC12. The summed E-state index contributed by atoms with van der Waals surface area (Å²) in [6, 6.07) is 0. The van der Waals surface area contributed by atoms with Crippen molar-refractivity contribution in [1.82, 2.24) is 4.90 Å². The molecule has 1 saturated heterocycles. The van der Waals surface area contributed by atoms with Crippen LogP contribution in [0.3, 0.4) is 0 Å². The summed E-state index contributed by atoms with van der Waals surface area (Å²) >= 11 is 0. The van der Waals surface area contributed by atoms with Gasteiger partial charge in [-0.15, -0.1) is 0 Å². The molecule has 1 aliphatic heterocycles. The predicted molar refractivity (Wildman–Crippen MR) is 65.8 cm³/mol. The van der Waals surface area contributed by atoms with Crippen LogP contribution in [0.4, 0.5) is 0 Å². The molecule has 0 aromatic carbocycles. The van der Waals surface area contributed by atoms with Crippen LogP contribution in [0.2, 0.25) is 0 Å². The molecule has 1 saturated carbocycles. The van der Waals surface area contributed by atoms with Gasteiger partial charge in [-0.05, 0) is 55.9 Å². The van der Waals surface area contributed by atoms with Crippen molar-refractivity contribution in [3.8, 4) is 0 Å². The van der Waals surface area contributed by atoms with Gasteiger partial charge in [-0.2, -0.15) is 0 Å². The fourth-order valence-electron chi connectivity index (χ4n) is 3.64. The molecule has 4 atom stereocenters. The van der Waals surface area contributed by atoms with Crippen molar-refractivity contribution in [2.45, 2.75) is 40.0 Å². The van der Waals surface area contributed by atoms with Crippen molar-refractivity contribution in [2.24, 2.45) is 29.6 Å². The molecule has 0 amide bonds. The Labute approximate surface area is 95.2 Å². The molecule has 2 aliphatic rings. The summed E-state index contributed by atoms with van der Waals surface area (Å²) in [6.07, 6.45) is 4.50.